The molecule has 2 aromatic heterocycles. The van der Waals surface area contributed by atoms with Gasteiger partial charge in [-0.15, -0.1) is 11.3 Å². The van der Waals surface area contributed by atoms with Gasteiger partial charge < -0.3 is 9.64 Å². The predicted molar refractivity (Wildman–Crippen MR) is 79.0 cm³/mol. The van der Waals surface area contributed by atoms with Crippen LogP contribution in [0.4, 0.5) is 5.82 Å². The predicted octanol–water partition coefficient (Wildman–Crippen LogP) is 2.87. The first-order chi connectivity index (χ1) is 9.20. The van der Waals surface area contributed by atoms with Gasteiger partial charge in [0.2, 0.25) is 0 Å². The Morgan fingerprint density at radius 2 is 2.26 bits per heavy atom. The number of morpholine rings is 1. The van der Waals surface area contributed by atoms with Crippen LogP contribution in [0.1, 0.15) is 25.6 Å². The third kappa shape index (κ3) is 2.21. The highest BCUT2D eigenvalue weighted by Crippen LogP contribution is 2.32. The maximum Gasteiger partial charge on any atom is 0.141 e. The van der Waals surface area contributed by atoms with E-state index in [0.717, 1.165) is 30.2 Å². The molecule has 0 radical (unpaired) electrons. The van der Waals surface area contributed by atoms with Crippen LogP contribution in [0.15, 0.2) is 12.4 Å². The summed E-state index contributed by atoms with van der Waals surface area (Å²) in [6, 6.07) is 2.58. The highest BCUT2D eigenvalue weighted by molar-refractivity contribution is 7.18. The molecule has 1 saturated heterocycles. The first-order valence-corrected chi connectivity index (χ1v) is 7.64. The molecule has 4 nitrogen and oxygen atoms in total. The van der Waals surface area contributed by atoms with Crippen molar-refractivity contribution >= 4 is 27.4 Å². The third-order valence-electron chi connectivity index (χ3n) is 3.86. The summed E-state index contributed by atoms with van der Waals surface area (Å²) in [7, 11) is 0. The van der Waals surface area contributed by atoms with Crippen LogP contribution in [0.2, 0.25) is 0 Å². The van der Waals surface area contributed by atoms with E-state index in [9.17, 15) is 0 Å². The normalized spacial score (nSPS) is 24.1. The number of hydrogen-bond acceptors (Lipinski definition) is 5. The number of aryl methyl sites for hydroxylation is 1. The second-order valence-corrected chi connectivity index (χ2v) is 6.11. The van der Waals surface area contributed by atoms with Gasteiger partial charge in [-0.2, -0.15) is 0 Å². The maximum absolute atomic E-state index is 5.70. The zero-order valence-electron chi connectivity index (χ0n) is 11.6. The van der Waals surface area contributed by atoms with Crippen LogP contribution < -0.4 is 4.90 Å². The van der Waals surface area contributed by atoms with E-state index >= 15 is 0 Å². The van der Waals surface area contributed by atoms with Gasteiger partial charge >= 0.3 is 0 Å². The zero-order chi connectivity index (χ0) is 13.4. The van der Waals surface area contributed by atoms with Crippen LogP contribution >= 0.6 is 11.3 Å². The summed E-state index contributed by atoms with van der Waals surface area (Å²) in [6.45, 7) is 8.17. The first-order valence-electron chi connectivity index (χ1n) is 6.82. The van der Waals surface area contributed by atoms with Crippen molar-refractivity contribution in [3.63, 3.8) is 0 Å². The average Bonchev–Trinajstić information content (AvgIpc) is 2.85. The van der Waals surface area contributed by atoms with Crippen LogP contribution in [0.25, 0.3) is 10.2 Å². The van der Waals surface area contributed by atoms with Crippen molar-refractivity contribution in [3.05, 3.63) is 17.3 Å². The van der Waals surface area contributed by atoms with E-state index in [-0.39, 0.29) is 6.10 Å². The Bertz CT molecular complexity index is 583. The Labute approximate surface area is 117 Å². The van der Waals surface area contributed by atoms with E-state index in [1.807, 2.05) is 0 Å². The summed E-state index contributed by atoms with van der Waals surface area (Å²) in [5.41, 5.74) is 0. The fourth-order valence-corrected chi connectivity index (χ4v) is 3.46. The molecule has 0 saturated carbocycles. The number of nitrogens with zero attached hydrogens (tertiary/aromatic N) is 3. The minimum Gasteiger partial charge on any atom is -0.375 e. The Morgan fingerprint density at radius 1 is 1.42 bits per heavy atom. The van der Waals surface area contributed by atoms with Gasteiger partial charge in [0, 0.05) is 11.4 Å². The van der Waals surface area contributed by atoms with Crippen LogP contribution in [0, 0.1) is 0 Å². The summed E-state index contributed by atoms with van der Waals surface area (Å²) in [4.78, 5) is 13.7. The molecule has 3 heterocycles. The molecule has 0 aliphatic carbocycles. The lowest BCUT2D eigenvalue weighted by molar-refractivity contribution is 0.0282. The SMILES string of the molecule is CCc1cc2c(N3CCOC(C)C3C)ncnc2s1. The Kier molecular flexibility index (Phi) is 3.41. The molecule has 2 aromatic rings. The van der Waals surface area contributed by atoms with Crippen molar-refractivity contribution in [2.24, 2.45) is 0 Å². The Morgan fingerprint density at radius 3 is 3.05 bits per heavy atom. The van der Waals surface area contributed by atoms with Gasteiger partial charge in [0.25, 0.3) is 0 Å². The second-order valence-electron chi connectivity index (χ2n) is 4.99. The number of thiophene rings is 1. The summed E-state index contributed by atoms with van der Waals surface area (Å²) >= 11 is 1.77. The van der Waals surface area contributed by atoms with Gasteiger partial charge in [-0.3, -0.25) is 0 Å². The minimum atomic E-state index is 0.239. The van der Waals surface area contributed by atoms with E-state index in [1.54, 1.807) is 17.7 Å². The molecule has 19 heavy (non-hydrogen) atoms. The molecular weight excluding hydrogens is 258 g/mol. The highest BCUT2D eigenvalue weighted by Gasteiger charge is 2.27. The number of anilines is 1. The second kappa shape index (κ2) is 5.06. The quantitative estimate of drug-likeness (QED) is 0.846. The zero-order valence-corrected chi connectivity index (χ0v) is 12.4. The molecule has 3 rings (SSSR count). The molecule has 0 spiro atoms. The van der Waals surface area contributed by atoms with Gasteiger partial charge in [-0.1, -0.05) is 6.92 Å². The van der Waals surface area contributed by atoms with Crippen LogP contribution in [-0.4, -0.2) is 35.3 Å². The van der Waals surface area contributed by atoms with Gasteiger partial charge in [-0.25, -0.2) is 9.97 Å². The average molecular weight is 277 g/mol. The van der Waals surface area contributed by atoms with Crippen molar-refractivity contribution in [1.82, 2.24) is 9.97 Å². The van der Waals surface area contributed by atoms with Crippen molar-refractivity contribution in [1.29, 1.82) is 0 Å². The molecule has 0 N–H and O–H groups in total. The van der Waals surface area contributed by atoms with Crippen LogP contribution in [0.5, 0.6) is 0 Å². The van der Waals surface area contributed by atoms with Crippen LogP contribution in [-0.2, 0) is 11.2 Å². The molecule has 2 unspecified atom stereocenters. The molecule has 102 valence electrons. The fourth-order valence-electron chi connectivity index (χ4n) is 2.53. The first kappa shape index (κ1) is 12.8. The van der Waals surface area contributed by atoms with Crippen LogP contribution in [0.3, 0.4) is 0 Å². The largest absolute Gasteiger partial charge is 0.375 e. The fraction of sp³-hybridized carbons (Fsp3) is 0.571. The standard InChI is InChI=1S/C14H19N3OS/c1-4-11-7-12-13(15-8-16-14(12)19-11)17-5-6-18-10(3)9(17)2/h7-10H,4-6H2,1-3H3. The maximum atomic E-state index is 5.70. The molecule has 5 heteroatoms. The lowest BCUT2D eigenvalue weighted by atomic mass is 10.1. The lowest BCUT2D eigenvalue weighted by Gasteiger charge is -2.38. The summed E-state index contributed by atoms with van der Waals surface area (Å²) < 4.78 is 5.70. The molecular formula is C14H19N3OS. The van der Waals surface area contributed by atoms with Crippen molar-refractivity contribution < 1.29 is 4.74 Å². The summed E-state index contributed by atoms with van der Waals surface area (Å²) in [5.74, 6) is 1.06. The molecule has 1 aliphatic heterocycles. The van der Waals surface area contributed by atoms with E-state index in [4.69, 9.17) is 4.74 Å². The minimum absolute atomic E-state index is 0.239. The molecule has 0 amide bonds. The number of hydrogen-bond donors (Lipinski definition) is 0. The van der Waals surface area contributed by atoms with Gasteiger partial charge in [0.05, 0.1) is 24.1 Å². The molecule has 2 atom stereocenters. The summed E-state index contributed by atoms with van der Waals surface area (Å²) in [5, 5.41) is 1.19. The number of ether oxygens (including phenoxy) is 1. The Hall–Kier alpha value is -1.20. The van der Waals surface area contributed by atoms with Crippen molar-refractivity contribution in [3.8, 4) is 0 Å². The van der Waals surface area contributed by atoms with Crippen molar-refractivity contribution in [2.75, 3.05) is 18.1 Å². The topological polar surface area (TPSA) is 38.2 Å². The molecule has 1 fully saturated rings. The van der Waals surface area contributed by atoms with Gasteiger partial charge in [-0.05, 0) is 26.3 Å². The van der Waals surface area contributed by atoms with Gasteiger partial charge in [0.1, 0.15) is 17.0 Å². The van der Waals surface area contributed by atoms with Crippen molar-refractivity contribution in [2.45, 2.75) is 39.3 Å². The lowest BCUT2D eigenvalue weighted by Crippen LogP contribution is -2.49. The smallest absolute Gasteiger partial charge is 0.141 e. The highest BCUT2D eigenvalue weighted by atomic mass is 32.1. The number of aromatic nitrogens is 2. The molecule has 0 bridgehead atoms. The van der Waals surface area contributed by atoms with E-state index in [2.05, 4.69) is 41.7 Å². The summed E-state index contributed by atoms with van der Waals surface area (Å²) in [6.07, 6.45) is 2.97. The third-order valence-corrected chi connectivity index (χ3v) is 5.05. The Balaban J connectivity index is 2.06. The van der Waals surface area contributed by atoms with E-state index in [0.29, 0.717) is 6.04 Å². The van der Waals surface area contributed by atoms with E-state index < -0.39 is 0 Å². The number of rotatable bonds is 2. The van der Waals surface area contributed by atoms with Gasteiger partial charge in [0.15, 0.2) is 0 Å². The molecule has 1 aliphatic rings. The van der Waals surface area contributed by atoms with E-state index in [1.165, 1.54) is 10.3 Å². The number of fused-ring (bicyclic) bond motifs is 1. The monoisotopic (exact) mass is 277 g/mol. The molecule has 0 aromatic carbocycles.